The Kier molecular flexibility index (Phi) is 3.24. The van der Waals surface area contributed by atoms with Gasteiger partial charge in [-0.15, -0.1) is 10.2 Å². The van der Waals surface area contributed by atoms with Crippen molar-refractivity contribution in [3.8, 4) is 0 Å². The predicted molar refractivity (Wildman–Crippen MR) is 59.8 cm³/mol. The van der Waals surface area contributed by atoms with Crippen LogP contribution in [0.1, 0.15) is 29.6 Å². The van der Waals surface area contributed by atoms with Gasteiger partial charge in [0.05, 0.1) is 0 Å². The molecule has 1 aliphatic carbocycles. The summed E-state index contributed by atoms with van der Waals surface area (Å²) in [5, 5.41) is 19.4. The Morgan fingerprint density at radius 1 is 1.56 bits per heavy atom. The largest absolute Gasteiger partial charge is 0.478 e. The molecule has 0 saturated heterocycles. The van der Waals surface area contributed by atoms with Crippen molar-refractivity contribution < 1.29 is 9.90 Å². The number of anilines is 1. The van der Waals surface area contributed by atoms with Gasteiger partial charge in [-0.3, -0.25) is 0 Å². The molecule has 0 bridgehead atoms. The molecule has 6 heteroatoms. The minimum absolute atomic E-state index is 0.0688. The fraction of sp³-hybridized carbons (Fsp3) is 0.500. The number of carboxylic acids is 1. The number of nitrogens with one attached hydrogen (secondary N) is 1. The number of aromatic carboxylic acids is 1. The van der Waals surface area contributed by atoms with E-state index in [0.717, 1.165) is 6.54 Å². The molecule has 0 atom stereocenters. The second-order valence-electron chi connectivity index (χ2n) is 3.91. The predicted octanol–water partition coefficient (Wildman–Crippen LogP) is 2.04. The lowest BCUT2D eigenvalue weighted by Crippen LogP contribution is -2.22. The summed E-state index contributed by atoms with van der Waals surface area (Å²) in [6, 6.07) is 1.31. The smallest absolute Gasteiger partial charge is 0.339 e. The molecule has 16 heavy (non-hydrogen) atoms. The van der Waals surface area contributed by atoms with E-state index >= 15 is 0 Å². The summed E-state index contributed by atoms with van der Waals surface area (Å²) < 4.78 is 0. The third-order valence-electron chi connectivity index (χ3n) is 2.78. The van der Waals surface area contributed by atoms with E-state index in [9.17, 15) is 4.79 Å². The average molecular weight is 242 g/mol. The molecular weight excluding hydrogens is 230 g/mol. The third-order valence-corrected chi connectivity index (χ3v) is 2.96. The van der Waals surface area contributed by atoms with Crippen molar-refractivity contribution in [2.45, 2.75) is 19.3 Å². The van der Waals surface area contributed by atoms with Crippen LogP contribution >= 0.6 is 11.6 Å². The molecule has 0 aromatic carbocycles. The molecule has 0 radical (unpaired) electrons. The maximum Gasteiger partial charge on any atom is 0.339 e. The van der Waals surface area contributed by atoms with Gasteiger partial charge in [0.15, 0.2) is 11.0 Å². The molecule has 0 unspecified atom stereocenters. The number of nitrogens with zero attached hydrogens (tertiary/aromatic N) is 2. The molecule has 5 nitrogen and oxygen atoms in total. The van der Waals surface area contributed by atoms with E-state index < -0.39 is 5.97 Å². The first kappa shape index (κ1) is 11.1. The summed E-state index contributed by atoms with van der Waals surface area (Å²) in [6.07, 6.45) is 3.64. The van der Waals surface area contributed by atoms with Crippen molar-refractivity contribution >= 4 is 23.4 Å². The number of aromatic nitrogens is 2. The van der Waals surface area contributed by atoms with Gasteiger partial charge in [0, 0.05) is 6.54 Å². The summed E-state index contributed by atoms with van der Waals surface area (Å²) >= 11 is 5.60. The van der Waals surface area contributed by atoms with Crippen LogP contribution < -0.4 is 5.32 Å². The van der Waals surface area contributed by atoms with Gasteiger partial charge in [-0.2, -0.15) is 0 Å². The minimum Gasteiger partial charge on any atom is -0.478 e. The van der Waals surface area contributed by atoms with Gasteiger partial charge in [0.25, 0.3) is 0 Å². The topological polar surface area (TPSA) is 75.1 Å². The average Bonchev–Trinajstić information content (AvgIpc) is 2.17. The minimum atomic E-state index is -1.05. The standard InChI is InChI=1S/C10H12ClN3O2/c11-8-4-7(10(15)16)9(14-13-8)12-5-6-2-1-3-6/h4,6H,1-3,5H2,(H,12,14)(H,15,16). The SMILES string of the molecule is O=C(O)c1cc(Cl)nnc1NCC1CCC1. The zero-order valence-corrected chi connectivity index (χ0v) is 9.37. The molecule has 0 spiro atoms. The lowest BCUT2D eigenvalue weighted by atomic mass is 9.85. The summed E-state index contributed by atoms with van der Waals surface area (Å²) in [5.41, 5.74) is 0.0688. The number of carbonyl (C=O) groups is 1. The van der Waals surface area contributed by atoms with Crippen LogP contribution in [-0.2, 0) is 0 Å². The van der Waals surface area contributed by atoms with E-state index in [-0.39, 0.29) is 10.7 Å². The van der Waals surface area contributed by atoms with E-state index in [1.165, 1.54) is 25.3 Å². The molecule has 1 aliphatic rings. The zero-order valence-electron chi connectivity index (χ0n) is 8.61. The summed E-state index contributed by atoms with van der Waals surface area (Å²) in [4.78, 5) is 10.9. The Hall–Kier alpha value is -1.36. The van der Waals surface area contributed by atoms with Gasteiger partial charge in [0.2, 0.25) is 0 Å². The Bertz CT molecular complexity index is 407. The van der Waals surface area contributed by atoms with Crippen LogP contribution in [-0.4, -0.2) is 27.8 Å². The highest BCUT2D eigenvalue weighted by atomic mass is 35.5. The zero-order chi connectivity index (χ0) is 11.5. The van der Waals surface area contributed by atoms with E-state index in [4.69, 9.17) is 16.7 Å². The van der Waals surface area contributed by atoms with Crippen LogP contribution in [0, 0.1) is 5.92 Å². The Labute approximate surface area is 97.8 Å². The van der Waals surface area contributed by atoms with E-state index in [0.29, 0.717) is 11.7 Å². The van der Waals surface area contributed by atoms with Crippen LogP contribution in [0.3, 0.4) is 0 Å². The summed E-state index contributed by atoms with van der Waals surface area (Å²) in [5.74, 6) is -0.129. The second-order valence-corrected chi connectivity index (χ2v) is 4.30. The molecule has 2 N–H and O–H groups in total. The highest BCUT2D eigenvalue weighted by molar-refractivity contribution is 6.29. The normalized spacial score (nSPS) is 15.6. The van der Waals surface area contributed by atoms with Crippen molar-refractivity contribution in [3.63, 3.8) is 0 Å². The lowest BCUT2D eigenvalue weighted by Gasteiger charge is -2.25. The third kappa shape index (κ3) is 2.41. The van der Waals surface area contributed by atoms with Crippen LogP contribution in [0.4, 0.5) is 5.82 Å². The van der Waals surface area contributed by atoms with Gasteiger partial charge < -0.3 is 10.4 Å². The highest BCUT2D eigenvalue weighted by Gasteiger charge is 2.19. The van der Waals surface area contributed by atoms with Crippen molar-refractivity contribution in [2.24, 2.45) is 5.92 Å². The number of halogens is 1. The van der Waals surface area contributed by atoms with Gasteiger partial charge in [-0.1, -0.05) is 18.0 Å². The number of rotatable bonds is 4. The molecule has 1 heterocycles. The first-order chi connectivity index (χ1) is 7.66. The quantitative estimate of drug-likeness (QED) is 0.844. The summed E-state index contributed by atoms with van der Waals surface area (Å²) in [7, 11) is 0. The molecule has 1 saturated carbocycles. The Morgan fingerprint density at radius 2 is 2.31 bits per heavy atom. The van der Waals surface area contributed by atoms with Crippen LogP contribution in [0.15, 0.2) is 6.07 Å². The van der Waals surface area contributed by atoms with Gasteiger partial charge in [-0.05, 0) is 24.8 Å². The Morgan fingerprint density at radius 3 is 2.88 bits per heavy atom. The maximum atomic E-state index is 10.9. The first-order valence-electron chi connectivity index (χ1n) is 5.17. The van der Waals surface area contributed by atoms with Crippen LogP contribution in [0.5, 0.6) is 0 Å². The molecule has 1 aromatic rings. The molecule has 0 aliphatic heterocycles. The maximum absolute atomic E-state index is 10.9. The lowest BCUT2D eigenvalue weighted by molar-refractivity contribution is 0.0697. The van der Waals surface area contributed by atoms with Crippen molar-refractivity contribution in [2.75, 3.05) is 11.9 Å². The van der Waals surface area contributed by atoms with Crippen molar-refractivity contribution in [1.29, 1.82) is 0 Å². The number of hydrogen-bond donors (Lipinski definition) is 2. The molecule has 86 valence electrons. The van der Waals surface area contributed by atoms with E-state index in [2.05, 4.69) is 15.5 Å². The van der Waals surface area contributed by atoms with E-state index in [1.54, 1.807) is 0 Å². The fourth-order valence-corrected chi connectivity index (χ4v) is 1.75. The number of hydrogen-bond acceptors (Lipinski definition) is 4. The fourth-order valence-electron chi connectivity index (χ4n) is 1.60. The first-order valence-corrected chi connectivity index (χ1v) is 5.55. The van der Waals surface area contributed by atoms with Crippen LogP contribution in [0.25, 0.3) is 0 Å². The van der Waals surface area contributed by atoms with Crippen molar-refractivity contribution in [1.82, 2.24) is 10.2 Å². The number of carboxylic acid groups (broad SMARTS) is 1. The molecular formula is C10H12ClN3O2. The second kappa shape index (κ2) is 4.65. The Balaban J connectivity index is 2.08. The molecule has 1 aromatic heterocycles. The van der Waals surface area contributed by atoms with Gasteiger partial charge in [0.1, 0.15) is 5.56 Å². The summed E-state index contributed by atoms with van der Waals surface area (Å²) in [6.45, 7) is 0.747. The highest BCUT2D eigenvalue weighted by Crippen LogP contribution is 2.26. The van der Waals surface area contributed by atoms with Crippen LogP contribution in [0.2, 0.25) is 5.15 Å². The van der Waals surface area contributed by atoms with Gasteiger partial charge in [-0.25, -0.2) is 4.79 Å². The monoisotopic (exact) mass is 241 g/mol. The molecule has 0 amide bonds. The van der Waals surface area contributed by atoms with Gasteiger partial charge >= 0.3 is 5.97 Å². The van der Waals surface area contributed by atoms with Crippen molar-refractivity contribution in [3.05, 3.63) is 16.8 Å². The van der Waals surface area contributed by atoms with E-state index in [1.807, 2.05) is 0 Å². The molecule has 1 fully saturated rings. The molecule has 2 rings (SSSR count).